The van der Waals surface area contributed by atoms with Gasteiger partial charge >= 0.3 is 6.03 Å². The lowest BCUT2D eigenvalue weighted by Crippen LogP contribution is -2.44. The highest BCUT2D eigenvalue weighted by molar-refractivity contribution is 5.97. The van der Waals surface area contributed by atoms with Gasteiger partial charge in [-0.25, -0.2) is 4.79 Å². The van der Waals surface area contributed by atoms with E-state index in [1.807, 2.05) is 67.6 Å². The highest BCUT2D eigenvalue weighted by Crippen LogP contribution is 2.19. The maximum Gasteiger partial charge on any atom is 0.321 e. The lowest BCUT2D eigenvalue weighted by Gasteiger charge is -2.23. The standard InChI is InChI=1S/C18H21N3O2/c1-13(14-9-5-3-6-10-14)20-16(15-11-7-4-8-12-15)17(22)21-18(23)19-2/h3-13,16,20H,1-2H3,(H2,19,21,22,23)/t13-,16+/m1/s1. The molecule has 2 aromatic rings. The third-order valence-electron chi connectivity index (χ3n) is 3.58. The number of imide groups is 1. The molecule has 0 radical (unpaired) electrons. The van der Waals surface area contributed by atoms with E-state index in [2.05, 4.69) is 16.0 Å². The van der Waals surface area contributed by atoms with Crippen LogP contribution in [0.15, 0.2) is 60.7 Å². The van der Waals surface area contributed by atoms with Crippen molar-refractivity contribution >= 4 is 11.9 Å². The minimum Gasteiger partial charge on any atom is -0.341 e. The van der Waals surface area contributed by atoms with E-state index in [1.165, 1.54) is 7.05 Å². The van der Waals surface area contributed by atoms with Gasteiger partial charge in [-0.05, 0) is 18.1 Å². The van der Waals surface area contributed by atoms with E-state index in [0.717, 1.165) is 11.1 Å². The Kier molecular flexibility index (Phi) is 5.88. The Balaban J connectivity index is 2.20. The molecule has 2 atom stereocenters. The molecule has 120 valence electrons. The molecular formula is C18H21N3O2. The summed E-state index contributed by atoms with van der Waals surface area (Å²) in [7, 11) is 1.47. The predicted octanol–water partition coefficient (Wildman–Crippen LogP) is 2.53. The van der Waals surface area contributed by atoms with Gasteiger partial charge < -0.3 is 5.32 Å². The molecule has 5 nitrogen and oxygen atoms in total. The molecule has 5 heteroatoms. The number of carbonyl (C=O) groups is 2. The summed E-state index contributed by atoms with van der Waals surface area (Å²) in [4.78, 5) is 23.9. The molecule has 23 heavy (non-hydrogen) atoms. The second kappa shape index (κ2) is 8.10. The van der Waals surface area contributed by atoms with Crippen LogP contribution in [0.4, 0.5) is 4.79 Å². The van der Waals surface area contributed by atoms with E-state index in [9.17, 15) is 9.59 Å². The second-order valence-corrected chi connectivity index (χ2v) is 5.21. The smallest absolute Gasteiger partial charge is 0.321 e. The Bertz CT molecular complexity index is 644. The Morgan fingerprint density at radius 3 is 1.91 bits per heavy atom. The number of amides is 3. The molecule has 2 aromatic carbocycles. The monoisotopic (exact) mass is 311 g/mol. The summed E-state index contributed by atoms with van der Waals surface area (Å²) in [5, 5.41) is 8.01. The molecule has 0 aliphatic carbocycles. The van der Waals surface area contributed by atoms with E-state index < -0.39 is 18.0 Å². The first kappa shape index (κ1) is 16.7. The van der Waals surface area contributed by atoms with Crippen molar-refractivity contribution in [2.45, 2.75) is 19.0 Å². The minimum absolute atomic E-state index is 0.0446. The van der Waals surface area contributed by atoms with Gasteiger partial charge in [-0.3, -0.25) is 15.4 Å². The van der Waals surface area contributed by atoms with Crippen LogP contribution in [0.5, 0.6) is 0 Å². The number of nitrogens with one attached hydrogen (secondary N) is 3. The van der Waals surface area contributed by atoms with E-state index in [0.29, 0.717) is 0 Å². The molecule has 3 amide bonds. The quantitative estimate of drug-likeness (QED) is 0.794. The molecule has 0 aliphatic rings. The molecule has 2 rings (SSSR count). The van der Waals surface area contributed by atoms with Gasteiger partial charge in [0.25, 0.3) is 0 Å². The number of hydrogen-bond acceptors (Lipinski definition) is 3. The summed E-state index contributed by atoms with van der Waals surface area (Å²) in [6.45, 7) is 1.98. The van der Waals surface area contributed by atoms with Crippen LogP contribution >= 0.6 is 0 Å². The van der Waals surface area contributed by atoms with Crippen LogP contribution in [0.3, 0.4) is 0 Å². The largest absolute Gasteiger partial charge is 0.341 e. The van der Waals surface area contributed by atoms with Crippen molar-refractivity contribution in [3.63, 3.8) is 0 Å². The fraction of sp³-hybridized carbons (Fsp3) is 0.222. The van der Waals surface area contributed by atoms with Crippen molar-refractivity contribution in [1.29, 1.82) is 0 Å². The Morgan fingerprint density at radius 2 is 1.39 bits per heavy atom. The van der Waals surface area contributed by atoms with Crippen molar-refractivity contribution in [2.24, 2.45) is 0 Å². The molecular weight excluding hydrogens is 290 g/mol. The van der Waals surface area contributed by atoms with Crippen LogP contribution < -0.4 is 16.0 Å². The summed E-state index contributed by atoms with van der Waals surface area (Å²) in [6.07, 6.45) is 0. The Hall–Kier alpha value is -2.66. The summed E-state index contributed by atoms with van der Waals surface area (Å²) < 4.78 is 0. The van der Waals surface area contributed by atoms with Crippen LogP contribution in [0.25, 0.3) is 0 Å². The van der Waals surface area contributed by atoms with Crippen molar-refractivity contribution in [3.05, 3.63) is 71.8 Å². The van der Waals surface area contributed by atoms with Crippen LogP contribution in [-0.4, -0.2) is 19.0 Å². The molecule has 0 unspecified atom stereocenters. The second-order valence-electron chi connectivity index (χ2n) is 5.21. The molecule has 0 bridgehead atoms. The van der Waals surface area contributed by atoms with Crippen molar-refractivity contribution < 1.29 is 9.59 Å². The SMILES string of the molecule is CNC(=O)NC(=O)[C@@H](N[C@H](C)c1ccccc1)c1ccccc1. The maximum absolute atomic E-state index is 12.4. The summed E-state index contributed by atoms with van der Waals surface area (Å²) in [5.41, 5.74) is 1.87. The first-order chi connectivity index (χ1) is 11.1. The maximum atomic E-state index is 12.4. The molecule has 0 aliphatic heterocycles. The van der Waals surface area contributed by atoms with E-state index >= 15 is 0 Å². The molecule has 3 N–H and O–H groups in total. The molecule has 0 spiro atoms. The van der Waals surface area contributed by atoms with Crippen LogP contribution in [0.1, 0.15) is 30.1 Å². The summed E-state index contributed by atoms with van der Waals surface area (Å²) >= 11 is 0. The molecule has 0 fully saturated rings. The third-order valence-corrected chi connectivity index (χ3v) is 3.58. The summed E-state index contributed by atoms with van der Waals surface area (Å²) in [6, 6.07) is 18.0. The van der Waals surface area contributed by atoms with Crippen LogP contribution in [-0.2, 0) is 4.79 Å². The van der Waals surface area contributed by atoms with E-state index in [4.69, 9.17) is 0 Å². The topological polar surface area (TPSA) is 70.2 Å². The fourth-order valence-corrected chi connectivity index (χ4v) is 2.30. The van der Waals surface area contributed by atoms with Gasteiger partial charge in [0.2, 0.25) is 5.91 Å². The normalized spacial score (nSPS) is 13.0. The number of benzene rings is 2. The van der Waals surface area contributed by atoms with Gasteiger partial charge in [-0.15, -0.1) is 0 Å². The Labute approximate surface area is 136 Å². The fourth-order valence-electron chi connectivity index (χ4n) is 2.30. The average molecular weight is 311 g/mol. The highest BCUT2D eigenvalue weighted by atomic mass is 16.2. The molecule has 0 saturated heterocycles. The van der Waals surface area contributed by atoms with E-state index in [-0.39, 0.29) is 6.04 Å². The molecule has 0 heterocycles. The number of carbonyl (C=O) groups excluding carboxylic acids is 2. The first-order valence-corrected chi connectivity index (χ1v) is 7.50. The first-order valence-electron chi connectivity index (χ1n) is 7.50. The zero-order valence-corrected chi connectivity index (χ0v) is 13.2. The van der Waals surface area contributed by atoms with Gasteiger partial charge in [-0.1, -0.05) is 60.7 Å². The van der Waals surface area contributed by atoms with Crippen molar-refractivity contribution in [2.75, 3.05) is 7.05 Å². The van der Waals surface area contributed by atoms with Crippen LogP contribution in [0, 0.1) is 0 Å². The van der Waals surface area contributed by atoms with E-state index in [1.54, 1.807) is 0 Å². The van der Waals surface area contributed by atoms with Gasteiger partial charge in [0.15, 0.2) is 0 Å². The predicted molar refractivity (Wildman–Crippen MR) is 89.8 cm³/mol. The zero-order chi connectivity index (χ0) is 16.7. The molecule has 0 saturated carbocycles. The van der Waals surface area contributed by atoms with Gasteiger partial charge in [0.05, 0.1) is 0 Å². The van der Waals surface area contributed by atoms with Crippen molar-refractivity contribution in [3.8, 4) is 0 Å². The van der Waals surface area contributed by atoms with Crippen molar-refractivity contribution in [1.82, 2.24) is 16.0 Å². The Morgan fingerprint density at radius 1 is 0.870 bits per heavy atom. The highest BCUT2D eigenvalue weighted by Gasteiger charge is 2.24. The van der Waals surface area contributed by atoms with Gasteiger partial charge in [0, 0.05) is 13.1 Å². The number of hydrogen-bond donors (Lipinski definition) is 3. The molecule has 0 aromatic heterocycles. The zero-order valence-electron chi connectivity index (χ0n) is 13.2. The van der Waals surface area contributed by atoms with Crippen LogP contribution in [0.2, 0.25) is 0 Å². The average Bonchev–Trinajstić information content (AvgIpc) is 2.60. The number of urea groups is 1. The number of rotatable bonds is 5. The van der Waals surface area contributed by atoms with Gasteiger partial charge in [0.1, 0.15) is 6.04 Å². The third kappa shape index (κ3) is 4.66. The lowest BCUT2D eigenvalue weighted by molar-refractivity contribution is -0.122. The minimum atomic E-state index is -0.622. The summed E-state index contributed by atoms with van der Waals surface area (Å²) in [5.74, 6) is -0.390. The van der Waals surface area contributed by atoms with Gasteiger partial charge in [-0.2, -0.15) is 0 Å². The lowest BCUT2D eigenvalue weighted by atomic mass is 10.0.